The fourth-order valence-corrected chi connectivity index (χ4v) is 3.78. The summed E-state index contributed by atoms with van der Waals surface area (Å²) in [5, 5.41) is 0. The molecule has 30 heavy (non-hydrogen) atoms. The number of ether oxygens (including phenoxy) is 2. The summed E-state index contributed by atoms with van der Waals surface area (Å²) >= 11 is 0. The summed E-state index contributed by atoms with van der Waals surface area (Å²) in [7, 11) is 1.64. The number of rotatable bonds is 9. The summed E-state index contributed by atoms with van der Waals surface area (Å²) < 4.78 is 18.9. The van der Waals surface area contributed by atoms with Crippen LogP contribution in [0.3, 0.4) is 0 Å². The van der Waals surface area contributed by atoms with Crippen molar-refractivity contribution in [1.29, 1.82) is 0 Å². The van der Waals surface area contributed by atoms with E-state index in [0.717, 1.165) is 11.4 Å². The number of methoxy groups -OCH3 is 1. The Morgan fingerprint density at radius 3 is 2.67 bits per heavy atom. The molecule has 3 rings (SSSR count). The molecule has 0 N–H and O–H groups in total. The Morgan fingerprint density at radius 2 is 1.93 bits per heavy atom. The molecule has 3 aromatic rings. The third-order valence-electron chi connectivity index (χ3n) is 5.11. The molecule has 160 valence electrons. The lowest BCUT2D eigenvalue weighted by Gasteiger charge is -2.17. The minimum absolute atomic E-state index is 0.0411. The van der Waals surface area contributed by atoms with Gasteiger partial charge in [-0.15, -0.1) is 0 Å². The van der Waals surface area contributed by atoms with Gasteiger partial charge in [0.15, 0.2) is 12.2 Å². The van der Waals surface area contributed by atoms with Gasteiger partial charge in [-0.1, -0.05) is 12.1 Å². The van der Waals surface area contributed by atoms with Gasteiger partial charge in [0, 0.05) is 30.6 Å². The van der Waals surface area contributed by atoms with E-state index in [9.17, 15) is 14.4 Å². The standard InChI is InChI=1S/C22H26N2O6/c1-14-11-17(16(3)24(14)15(2)12-28-4)19(25)13-29-21(26)9-10-23-18-7-5-6-8-20(18)30-22(23)27/h5-8,11,15H,9-10,12-13H2,1-4H3/t15-/m0/s1. The molecule has 8 heteroatoms. The maximum atomic E-state index is 12.6. The van der Waals surface area contributed by atoms with Crippen molar-refractivity contribution in [2.75, 3.05) is 20.3 Å². The highest BCUT2D eigenvalue weighted by molar-refractivity contribution is 5.99. The third kappa shape index (κ3) is 4.38. The van der Waals surface area contributed by atoms with Crippen molar-refractivity contribution in [2.24, 2.45) is 0 Å². The van der Waals surface area contributed by atoms with E-state index < -0.39 is 11.7 Å². The van der Waals surface area contributed by atoms with Crippen LogP contribution in [0.15, 0.2) is 39.5 Å². The van der Waals surface area contributed by atoms with E-state index in [1.165, 1.54) is 4.57 Å². The van der Waals surface area contributed by atoms with Gasteiger partial charge in [-0.3, -0.25) is 14.2 Å². The van der Waals surface area contributed by atoms with Gasteiger partial charge >= 0.3 is 11.7 Å². The van der Waals surface area contributed by atoms with E-state index in [2.05, 4.69) is 0 Å². The highest BCUT2D eigenvalue weighted by Gasteiger charge is 2.20. The predicted molar refractivity (Wildman–Crippen MR) is 111 cm³/mol. The zero-order chi connectivity index (χ0) is 21.8. The first-order valence-corrected chi connectivity index (χ1v) is 9.78. The van der Waals surface area contributed by atoms with Crippen LogP contribution >= 0.6 is 0 Å². The van der Waals surface area contributed by atoms with Gasteiger partial charge in [0.2, 0.25) is 5.78 Å². The van der Waals surface area contributed by atoms with E-state index >= 15 is 0 Å². The summed E-state index contributed by atoms with van der Waals surface area (Å²) in [6, 6.07) is 8.87. The van der Waals surface area contributed by atoms with E-state index in [1.54, 1.807) is 37.4 Å². The first-order chi connectivity index (χ1) is 14.3. The molecule has 0 fully saturated rings. The molecular formula is C22H26N2O6. The van der Waals surface area contributed by atoms with Gasteiger partial charge in [-0.05, 0) is 39.0 Å². The molecule has 0 amide bonds. The van der Waals surface area contributed by atoms with Crippen LogP contribution in [0.25, 0.3) is 11.1 Å². The Morgan fingerprint density at radius 1 is 1.20 bits per heavy atom. The lowest BCUT2D eigenvalue weighted by Crippen LogP contribution is -2.20. The lowest BCUT2D eigenvalue weighted by molar-refractivity contribution is -0.142. The zero-order valence-corrected chi connectivity index (χ0v) is 17.6. The maximum Gasteiger partial charge on any atom is 0.419 e. The maximum absolute atomic E-state index is 12.6. The van der Waals surface area contributed by atoms with Crippen molar-refractivity contribution >= 4 is 22.9 Å². The smallest absolute Gasteiger partial charge is 0.419 e. The van der Waals surface area contributed by atoms with Gasteiger partial charge in [0.05, 0.1) is 24.6 Å². The van der Waals surface area contributed by atoms with E-state index in [0.29, 0.717) is 23.3 Å². The van der Waals surface area contributed by atoms with Crippen LogP contribution in [0, 0.1) is 13.8 Å². The first-order valence-electron chi connectivity index (χ1n) is 9.78. The van der Waals surface area contributed by atoms with Crippen LogP contribution in [0.4, 0.5) is 0 Å². The molecule has 0 aliphatic heterocycles. The second-order valence-electron chi connectivity index (χ2n) is 7.28. The van der Waals surface area contributed by atoms with Crippen molar-refractivity contribution < 1.29 is 23.5 Å². The van der Waals surface area contributed by atoms with Crippen LogP contribution in [0.1, 0.15) is 41.1 Å². The molecule has 2 aromatic heterocycles. The summed E-state index contributed by atoms with van der Waals surface area (Å²) in [5.74, 6) is -1.35. The average Bonchev–Trinajstić information content (AvgIpc) is 3.19. The van der Waals surface area contributed by atoms with Crippen molar-refractivity contribution in [3.63, 3.8) is 0 Å². The van der Waals surface area contributed by atoms with Crippen LogP contribution in [-0.4, -0.2) is 41.2 Å². The van der Waals surface area contributed by atoms with E-state index in [-0.39, 0.29) is 31.4 Å². The monoisotopic (exact) mass is 414 g/mol. The number of carbonyl (C=O) groups is 2. The van der Waals surface area contributed by atoms with Crippen LogP contribution in [0.5, 0.6) is 0 Å². The highest BCUT2D eigenvalue weighted by atomic mass is 16.5. The molecule has 0 saturated carbocycles. The SMILES string of the molecule is COC[C@H](C)n1c(C)cc(C(=O)COC(=O)CCn2c(=O)oc3ccccc32)c1C. The summed E-state index contributed by atoms with van der Waals surface area (Å²) in [4.78, 5) is 36.7. The summed E-state index contributed by atoms with van der Waals surface area (Å²) in [5.41, 5.74) is 3.36. The number of benzene rings is 1. The van der Waals surface area contributed by atoms with Gasteiger partial charge in [-0.2, -0.15) is 0 Å². The number of fused-ring (bicyclic) bond motifs is 1. The number of carbonyl (C=O) groups excluding carboxylic acids is 2. The molecule has 8 nitrogen and oxygen atoms in total. The fraction of sp³-hybridized carbons (Fsp3) is 0.409. The van der Waals surface area contributed by atoms with Crippen LogP contribution in [0.2, 0.25) is 0 Å². The average molecular weight is 414 g/mol. The van der Waals surface area contributed by atoms with Gasteiger partial charge in [0.25, 0.3) is 0 Å². The number of esters is 1. The Bertz CT molecular complexity index is 1120. The summed E-state index contributed by atoms with van der Waals surface area (Å²) in [6.07, 6.45) is -0.0411. The largest absolute Gasteiger partial charge is 0.457 e. The van der Waals surface area contributed by atoms with Crippen molar-refractivity contribution in [3.05, 3.63) is 57.8 Å². The second-order valence-corrected chi connectivity index (χ2v) is 7.28. The fourth-order valence-electron chi connectivity index (χ4n) is 3.78. The molecule has 0 saturated heterocycles. The Balaban J connectivity index is 1.60. The predicted octanol–water partition coefficient (Wildman–Crippen LogP) is 3.04. The second kappa shape index (κ2) is 9.13. The molecule has 0 unspecified atom stereocenters. The number of aryl methyl sites for hydroxylation is 2. The molecule has 0 aliphatic carbocycles. The number of nitrogens with zero attached hydrogens (tertiary/aromatic N) is 2. The molecule has 0 aliphatic rings. The van der Waals surface area contributed by atoms with E-state index in [4.69, 9.17) is 13.9 Å². The minimum atomic E-state index is -0.554. The number of para-hydroxylation sites is 2. The number of Topliss-reactive ketones (excluding diaryl/α,β-unsaturated/α-hetero) is 1. The van der Waals surface area contributed by atoms with Crippen LogP contribution in [-0.2, 0) is 20.8 Å². The molecule has 2 heterocycles. The highest BCUT2D eigenvalue weighted by Crippen LogP contribution is 2.21. The Kier molecular flexibility index (Phi) is 6.56. The number of hydrogen-bond donors (Lipinski definition) is 0. The third-order valence-corrected chi connectivity index (χ3v) is 5.11. The quantitative estimate of drug-likeness (QED) is 0.395. The van der Waals surface area contributed by atoms with Crippen molar-refractivity contribution in [2.45, 2.75) is 39.8 Å². The zero-order valence-electron chi connectivity index (χ0n) is 17.6. The lowest BCUT2D eigenvalue weighted by atomic mass is 10.1. The van der Waals surface area contributed by atoms with Crippen LogP contribution < -0.4 is 5.76 Å². The topological polar surface area (TPSA) is 92.7 Å². The molecule has 0 radical (unpaired) electrons. The number of oxazole rings is 1. The van der Waals surface area contributed by atoms with E-state index in [1.807, 2.05) is 25.3 Å². The van der Waals surface area contributed by atoms with Gasteiger partial charge in [-0.25, -0.2) is 4.79 Å². The molecule has 1 atom stereocenters. The van der Waals surface area contributed by atoms with Crippen molar-refractivity contribution in [3.8, 4) is 0 Å². The first kappa shape index (κ1) is 21.6. The number of ketones is 1. The molecule has 0 spiro atoms. The molecule has 1 aromatic carbocycles. The number of aromatic nitrogens is 2. The minimum Gasteiger partial charge on any atom is -0.457 e. The summed E-state index contributed by atoms with van der Waals surface area (Å²) in [6.45, 7) is 6.11. The Labute approximate surface area is 174 Å². The molecule has 0 bridgehead atoms. The number of hydrogen-bond acceptors (Lipinski definition) is 6. The van der Waals surface area contributed by atoms with Crippen molar-refractivity contribution in [1.82, 2.24) is 9.13 Å². The normalized spacial score (nSPS) is 12.3. The Hall–Kier alpha value is -3.13. The van der Waals surface area contributed by atoms with Gasteiger partial charge < -0.3 is 18.5 Å². The molecular weight excluding hydrogens is 388 g/mol. The van der Waals surface area contributed by atoms with Gasteiger partial charge in [0.1, 0.15) is 0 Å².